The summed E-state index contributed by atoms with van der Waals surface area (Å²) in [5, 5.41) is 12.2. The van der Waals surface area contributed by atoms with Crippen LogP contribution < -0.4 is 5.32 Å². The summed E-state index contributed by atoms with van der Waals surface area (Å²) in [4.78, 5) is 40.3. The van der Waals surface area contributed by atoms with Gasteiger partial charge in [-0.25, -0.2) is 4.39 Å². The summed E-state index contributed by atoms with van der Waals surface area (Å²) < 4.78 is 13.0. The molecule has 3 rings (SSSR count). The molecule has 1 heterocycles. The quantitative estimate of drug-likeness (QED) is 0.772. The Balaban J connectivity index is 1.57. The van der Waals surface area contributed by atoms with E-state index in [1.807, 2.05) is 6.07 Å². The van der Waals surface area contributed by atoms with Crippen molar-refractivity contribution in [1.29, 1.82) is 5.26 Å². The highest BCUT2D eigenvalue weighted by Crippen LogP contribution is 2.24. The molecule has 2 aromatic carbocycles. The monoisotopic (exact) mass is 422 g/mol. The maximum atomic E-state index is 13.0. The standard InChI is InChI=1S/C23H23FN4O3/c1-27(21(29)11-16-7-9-18(24)10-8-16)15-22(30)28-14-17(12-20(28)13-25)23(31)26-19-5-3-2-4-6-19/h2-10,17,20H,11-12,14-15H2,1H3,(H,26,31). The Labute approximate surface area is 180 Å². The molecule has 2 aromatic rings. The normalized spacial score (nSPS) is 17.6. The highest BCUT2D eigenvalue weighted by atomic mass is 19.1. The molecule has 160 valence electrons. The third-order valence-corrected chi connectivity index (χ3v) is 5.25. The van der Waals surface area contributed by atoms with Crippen LogP contribution in [0.4, 0.5) is 10.1 Å². The summed E-state index contributed by atoms with van der Waals surface area (Å²) in [7, 11) is 1.50. The highest BCUT2D eigenvalue weighted by Gasteiger charge is 2.39. The van der Waals surface area contributed by atoms with Gasteiger partial charge in [0, 0.05) is 19.3 Å². The number of amides is 3. The SMILES string of the molecule is CN(CC(=O)N1CC(C(=O)Nc2ccccc2)CC1C#N)C(=O)Cc1ccc(F)cc1. The van der Waals surface area contributed by atoms with Crippen LogP contribution in [0, 0.1) is 23.1 Å². The second kappa shape index (κ2) is 9.85. The maximum absolute atomic E-state index is 13.0. The Bertz CT molecular complexity index is 988. The van der Waals surface area contributed by atoms with E-state index < -0.39 is 17.9 Å². The Morgan fingerprint density at radius 3 is 2.48 bits per heavy atom. The van der Waals surface area contributed by atoms with Gasteiger partial charge in [-0.05, 0) is 36.2 Å². The molecule has 0 aliphatic carbocycles. The molecule has 1 fully saturated rings. The summed E-state index contributed by atoms with van der Waals surface area (Å²) in [6.45, 7) is -0.0824. The van der Waals surface area contributed by atoms with Crippen LogP contribution in [0.3, 0.4) is 0 Å². The molecule has 1 N–H and O–H groups in total. The number of carbonyl (C=O) groups is 3. The molecule has 1 aliphatic rings. The summed E-state index contributed by atoms with van der Waals surface area (Å²) in [5.74, 6) is -1.83. The summed E-state index contributed by atoms with van der Waals surface area (Å²) in [6.07, 6.45) is 0.280. The Morgan fingerprint density at radius 1 is 1.16 bits per heavy atom. The van der Waals surface area contributed by atoms with Gasteiger partial charge in [-0.15, -0.1) is 0 Å². The predicted molar refractivity (Wildman–Crippen MR) is 112 cm³/mol. The topological polar surface area (TPSA) is 93.5 Å². The van der Waals surface area contributed by atoms with Crippen LogP contribution in [-0.4, -0.2) is 53.7 Å². The lowest BCUT2D eigenvalue weighted by Gasteiger charge is -2.24. The number of nitriles is 1. The minimum Gasteiger partial charge on any atom is -0.336 e. The smallest absolute Gasteiger partial charge is 0.243 e. The fraction of sp³-hybridized carbons (Fsp3) is 0.304. The number of nitrogens with zero attached hydrogens (tertiary/aromatic N) is 3. The number of benzene rings is 2. The van der Waals surface area contributed by atoms with E-state index in [4.69, 9.17) is 0 Å². The number of para-hydroxylation sites is 1. The lowest BCUT2D eigenvalue weighted by Crippen LogP contribution is -2.43. The molecule has 8 heteroatoms. The molecular weight excluding hydrogens is 399 g/mol. The summed E-state index contributed by atoms with van der Waals surface area (Å²) in [6, 6.07) is 15.9. The molecule has 0 saturated carbocycles. The highest BCUT2D eigenvalue weighted by molar-refractivity contribution is 5.94. The van der Waals surface area contributed by atoms with Gasteiger partial charge in [0.1, 0.15) is 11.9 Å². The number of hydrogen-bond donors (Lipinski definition) is 1. The molecular formula is C23H23FN4O3. The molecule has 2 unspecified atom stereocenters. The van der Waals surface area contributed by atoms with Crippen molar-refractivity contribution in [2.75, 3.05) is 25.5 Å². The van der Waals surface area contributed by atoms with E-state index in [-0.39, 0.29) is 43.6 Å². The average molecular weight is 422 g/mol. The van der Waals surface area contributed by atoms with Crippen molar-refractivity contribution in [3.05, 3.63) is 66.0 Å². The molecule has 0 bridgehead atoms. The van der Waals surface area contributed by atoms with Gasteiger partial charge in [0.05, 0.1) is 25.0 Å². The summed E-state index contributed by atoms with van der Waals surface area (Å²) in [5.41, 5.74) is 1.29. The number of nitrogens with one attached hydrogen (secondary N) is 1. The Morgan fingerprint density at radius 2 is 1.84 bits per heavy atom. The van der Waals surface area contributed by atoms with Crippen LogP contribution >= 0.6 is 0 Å². The Hall–Kier alpha value is -3.73. The second-order valence-corrected chi connectivity index (χ2v) is 7.53. The molecule has 0 aromatic heterocycles. The van der Waals surface area contributed by atoms with Gasteiger partial charge in [-0.1, -0.05) is 30.3 Å². The van der Waals surface area contributed by atoms with E-state index >= 15 is 0 Å². The number of likely N-dealkylation sites (N-methyl/N-ethyl adjacent to an activating group) is 1. The lowest BCUT2D eigenvalue weighted by atomic mass is 10.1. The lowest BCUT2D eigenvalue weighted by molar-refractivity contribution is -0.139. The fourth-order valence-corrected chi connectivity index (χ4v) is 3.48. The van der Waals surface area contributed by atoms with Crippen LogP contribution in [0.1, 0.15) is 12.0 Å². The van der Waals surface area contributed by atoms with Crippen molar-refractivity contribution < 1.29 is 18.8 Å². The zero-order valence-corrected chi connectivity index (χ0v) is 17.1. The van der Waals surface area contributed by atoms with E-state index in [1.165, 1.54) is 41.1 Å². The van der Waals surface area contributed by atoms with Crippen molar-refractivity contribution in [2.24, 2.45) is 5.92 Å². The molecule has 0 radical (unpaired) electrons. The van der Waals surface area contributed by atoms with E-state index in [1.54, 1.807) is 24.3 Å². The van der Waals surface area contributed by atoms with Crippen LogP contribution in [0.25, 0.3) is 0 Å². The van der Waals surface area contributed by atoms with E-state index in [0.29, 0.717) is 11.3 Å². The number of halogens is 1. The summed E-state index contributed by atoms with van der Waals surface area (Å²) >= 11 is 0. The van der Waals surface area contributed by atoms with Gasteiger partial charge >= 0.3 is 0 Å². The molecule has 7 nitrogen and oxygen atoms in total. The number of hydrogen-bond acceptors (Lipinski definition) is 4. The van der Waals surface area contributed by atoms with Crippen molar-refractivity contribution >= 4 is 23.4 Å². The van der Waals surface area contributed by atoms with Crippen LogP contribution in [0.5, 0.6) is 0 Å². The second-order valence-electron chi connectivity index (χ2n) is 7.53. The average Bonchev–Trinajstić information content (AvgIpc) is 3.21. The molecule has 0 spiro atoms. The first kappa shape index (κ1) is 22.0. The first-order valence-corrected chi connectivity index (χ1v) is 9.90. The van der Waals surface area contributed by atoms with Gasteiger partial charge in [0.25, 0.3) is 0 Å². The third kappa shape index (κ3) is 5.66. The Kier molecular flexibility index (Phi) is 6.98. The van der Waals surface area contributed by atoms with Gasteiger partial charge in [-0.3, -0.25) is 14.4 Å². The first-order chi connectivity index (χ1) is 14.9. The largest absolute Gasteiger partial charge is 0.336 e. The zero-order chi connectivity index (χ0) is 22.4. The molecule has 2 atom stereocenters. The molecule has 31 heavy (non-hydrogen) atoms. The van der Waals surface area contributed by atoms with E-state index in [9.17, 15) is 24.0 Å². The fourth-order valence-electron chi connectivity index (χ4n) is 3.48. The number of rotatable bonds is 6. The minimum absolute atomic E-state index is 0.0356. The van der Waals surface area contributed by atoms with Crippen molar-refractivity contribution in [1.82, 2.24) is 9.80 Å². The first-order valence-electron chi connectivity index (χ1n) is 9.90. The molecule has 1 saturated heterocycles. The predicted octanol–water partition coefficient (Wildman–Crippen LogP) is 2.21. The van der Waals surface area contributed by atoms with Crippen LogP contribution in [0.15, 0.2) is 54.6 Å². The number of carbonyl (C=O) groups excluding carboxylic acids is 3. The molecule has 1 aliphatic heterocycles. The van der Waals surface area contributed by atoms with Crippen molar-refractivity contribution in [3.8, 4) is 6.07 Å². The molecule has 3 amide bonds. The van der Waals surface area contributed by atoms with Crippen molar-refractivity contribution in [2.45, 2.75) is 18.9 Å². The van der Waals surface area contributed by atoms with Crippen LogP contribution in [-0.2, 0) is 20.8 Å². The van der Waals surface area contributed by atoms with Gasteiger partial charge in [0.2, 0.25) is 17.7 Å². The number of anilines is 1. The zero-order valence-electron chi connectivity index (χ0n) is 17.1. The van der Waals surface area contributed by atoms with E-state index in [0.717, 1.165) is 0 Å². The minimum atomic E-state index is -0.723. The van der Waals surface area contributed by atoms with Gasteiger partial charge in [0.15, 0.2) is 0 Å². The van der Waals surface area contributed by atoms with Crippen LogP contribution in [0.2, 0.25) is 0 Å². The van der Waals surface area contributed by atoms with Crippen molar-refractivity contribution in [3.63, 3.8) is 0 Å². The maximum Gasteiger partial charge on any atom is 0.243 e. The van der Waals surface area contributed by atoms with Gasteiger partial charge < -0.3 is 15.1 Å². The third-order valence-electron chi connectivity index (χ3n) is 5.25. The number of likely N-dealkylation sites (tertiary alicyclic amines) is 1. The van der Waals surface area contributed by atoms with Gasteiger partial charge in [-0.2, -0.15) is 5.26 Å². The van der Waals surface area contributed by atoms with E-state index in [2.05, 4.69) is 11.4 Å².